The fourth-order valence-corrected chi connectivity index (χ4v) is 2.65. The molecule has 1 aliphatic rings. The lowest BCUT2D eigenvalue weighted by Gasteiger charge is -2.08. The Labute approximate surface area is 134 Å². The van der Waals surface area contributed by atoms with Gasteiger partial charge in [-0.15, -0.1) is 0 Å². The molecule has 2 N–H and O–H groups in total. The van der Waals surface area contributed by atoms with Crippen LogP contribution in [0.5, 0.6) is 17.2 Å². The van der Waals surface area contributed by atoms with Crippen LogP contribution in [0.4, 0.5) is 0 Å². The van der Waals surface area contributed by atoms with Crippen LogP contribution < -0.4 is 14.9 Å². The van der Waals surface area contributed by atoms with Gasteiger partial charge >= 0.3 is 5.97 Å². The van der Waals surface area contributed by atoms with Crippen LogP contribution >= 0.6 is 0 Å². The molecule has 1 aromatic heterocycles. The van der Waals surface area contributed by atoms with Gasteiger partial charge in [0.15, 0.2) is 11.5 Å². The molecule has 0 saturated heterocycles. The van der Waals surface area contributed by atoms with Gasteiger partial charge in [0, 0.05) is 6.07 Å². The summed E-state index contributed by atoms with van der Waals surface area (Å²) < 4.78 is 15.8. The van der Waals surface area contributed by atoms with Crippen molar-refractivity contribution in [1.29, 1.82) is 0 Å². The predicted molar refractivity (Wildman–Crippen MR) is 82.7 cm³/mol. The van der Waals surface area contributed by atoms with Crippen LogP contribution in [0, 0.1) is 0 Å². The van der Waals surface area contributed by atoms with Crippen molar-refractivity contribution in [2.45, 2.75) is 0 Å². The van der Waals surface area contributed by atoms with Crippen LogP contribution in [-0.4, -0.2) is 23.0 Å². The van der Waals surface area contributed by atoms with Crippen LogP contribution in [0.3, 0.4) is 0 Å². The van der Waals surface area contributed by atoms with E-state index >= 15 is 0 Å². The number of hydrogen-bond acceptors (Lipinski definition) is 6. The molecule has 0 aliphatic carbocycles. The monoisotopic (exact) mass is 326 g/mol. The summed E-state index contributed by atoms with van der Waals surface area (Å²) in [5, 5.41) is 19.1. The molecular weight excluding hydrogens is 316 g/mol. The number of carboxylic acids is 1. The molecule has 0 unspecified atom stereocenters. The van der Waals surface area contributed by atoms with E-state index in [0.717, 1.165) is 0 Å². The van der Waals surface area contributed by atoms with E-state index in [4.69, 9.17) is 13.9 Å². The number of aromatic hydroxyl groups is 1. The number of ether oxygens (including phenoxy) is 2. The van der Waals surface area contributed by atoms with Crippen molar-refractivity contribution in [3.05, 3.63) is 52.4 Å². The average Bonchev–Trinajstić information content (AvgIpc) is 3.01. The third-order valence-corrected chi connectivity index (χ3v) is 3.73. The Bertz CT molecular complexity index is 1050. The van der Waals surface area contributed by atoms with Gasteiger partial charge in [-0.25, -0.2) is 4.79 Å². The van der Waals surface area contributed by atoms with E-state index in [1.807, 2.05) is 0 Å². The zero-order valence-corrected chi connectivity index (χ0v) is 12.1. The second-order valence-electron chi connectivity index (χ2n) is 5.19. The molecule has 4 rings (SSSR count). The lowest BCUT2D eigenvalue weighted by atomic mass is 10.0. The summed E-state index contributed by atoms with van der Waals surface area (Å²) in [5.74, 6) is -1.07. The fraction of sp³-hybridized carbons (Fsp3) is 0.0588. The number of benzene rings is 2. The van der Waals surface area contributed by atoms with Crippen LogP contribution in [0.1, 0.15) is 10.6 Å². The first-order valence-corrected chi connectivity index (χ1v) is 6.98. The first-order valence-electron chi connectivity index (χ1n) is 6.98. The van der Waals surface area contributed by atoms with Crippen molar-refractivity contribution in [3.63, 3.8) is 0 Å². The number of phenols is 1. The van der Waals surface area contributed by atoms with E-state index in [-0.39, 0.29) is 29.1 Å². The Morgan fingerprint density at radius 3 is 2.62 bits per heavy atom. The molecule has 7 heteroatoms. The van der Waals surface area contributed by atoms with Gasteiger partial charge in [0.2, 0.25) is 18.0 Å². The van der Waals surface area contributed by atoms with E-state index in [1.54, 1.807) is 12.1 Å². The quantitative estimate of drug-likeness (QED) is 0.745. The van der Waals surface area contributed by atoms with E-state index < -0.39 is 17.2 Å². The molecular formula is C17H10O7. The largest absolute Gasteiger partial charge is 0.508 e. The molecule has 2 aromatic carbocycles. The predicted octanol–water partition coefficient (Wildman–Crippen LogP) is 2.59. The van der Waals surface area contributed by atoms with Crippen molar-refractivity contribution in [3.8, 4) is 28.4 Å². The second kappa shape index (κ2) is 5.02. The summed E-state index contributed by atoms with van der Waals surface area (Å²) in [4.78, 5) is 24.3. The maximum Gasteiger partial charge on any atom is 0.372 e. The Hall–Kier alpha value is -3.48. The first-order chi connectivity index (χ1) is 11.5. The molecule has 1 aliphatic heterocycles. The Balaban J connectivity index is 2.05. The molecule has 3 aromatic rings. The minimum Gasteiger partial charge on any atom is -0.508 e. The number of hydrogen-bond donors (Lipinski definition) is 2. The molecule has 120 valence electrons. The summed E-state index contributed by atoms with van der Waals surface area (Å²) >= 11 is 0. The zero-order chi connectivity index (χ0) is 16.8. The smallest absolute Gasteiger partial charge is 0.372 e. The number of fused-ring (bicyclic) bond motifs is 2. The van der Waals surface area contributed by atoms with E-state index in [0.29, 0.717) is 17.1 Å². The minimum atomic E-state index is -1.38. The van der Waals surface area contributed by atoms with Gasteiger partial charge in [0.1, 0.15) is 11.3 Å². The molecule has 0 fully saturated rings. The Kier molecular flexibility index (Phi) is 2.96. The number of carboxylic acid groups (broad SMARTS) is 1. The molecule has 0 atom stereocenters. The van der Waals surface area contributed by atoms with Crippen LogP contribution in [0.2, 0.25) is 0 Å². The molecule has 0 bridgehead atoms. The van der Waals surface area contributed by atoms with Gasteiger partial charge in [0.25, 0.3) is 0 Å². The topological polar surface area (TPSA) is 106 Å². The highest BCUT2D eigenvalue weighted by Crippen LogP contribution is 2.36. The molecule has 7 nitrogen and oxygen atoms in total. The van der Waals surface area contributed by atoms with Crippen LogP contribution in [0.25, 0.3) is 22.1 Å². The highest BCUT2D eigenvalue weighted by atomic mass is 16.7. The third kappa shape index (κ3) is 2.06. The maximum atomic E-state index is 12.8. The standard InChI is InChI=1S/C17H10O7/c18-9-2-3-10-12(6-9)24-16(17(20)21)14(15(10)19)8-1-4-11-13(5-8)23-7-22-11/h1-6,18H,7H2,(H,20,21). The summed E-state index contributed by atoms with van der Waals surface area (Å²) in [6.07, 6.45) is 0. The van der Waals surface area contributed by atoms with Crippen LogP contribution in [0.15, 0.2) is 45.6 Å². The molecule has 0 spiro atoms. The van der Waals surface area contributed by atoms with Crippen molar-refractivity contribution in [2.75, 3.05) is 6.79 Å². The Morgan fingerprint density at radius 1 is 1.04 bits per heavy atom. The van der Waals surface area contributed by atoms with Crippen molar-refractivity contribution < 1.29 is 28.9 Å². The number of carbonyl (C=O) groups is 1. The van der Waals surface area contributed by atoms with Gasteiger partial charge in [-0.05, 0) is 29.8 Å². The molecule has 0 saturated carbocycles. The zero-order valence-electron chi connectivity index (χ0n) is 12.1. The van der Waals surface area contributed by atoms with Crippen molar-refractivity contribution in [2.24, 2.45) is 0 Å². The molecule has 2 heterocycles. The number of aromatic carboxylic acids is 1. The maximum absolute atomic E-state index is 12.8. The molecule has 0 radical (unpaired) electrons. The van der Waals surface area contributed by atoms with E-state index in [9.17, 15) is 19.8 Å². The number of rotatable bonds is 2. The first kappa shape index (κ1) is 14.1. The number of phenolic OH excluding ortho intramolecular Hbond substituents is 1. The highest BCUT2D eigenvalue weighted by molar-refractivity contribution is 5.97. The summed E-state index contributed by atoms with van der Waals surface area (Å²) in [6, 6.07) is 8.63. The highest BCUT2D eigenvalue weighted by Gasteiger charge is 2.23. The van der Waals surface area contributed by atoms with Crippen molar-refractivity contribution in [1.82, 2.24) is 0 Å². The summed E-state index contributed by atoms with van der Waals surface area (Å²) in [6.45, 7) is 0.0657. The van der Waals surface area contributed by atoms with Gasteiger partial charge in [0.05, 0.1) is 10.9 Å². The normalized spacial score (nSPS) is 12.5. The lowest BCUT2D eigenvalue weighted by Crippen LogP contribution is -2.12. The van der Waals surface area contributed by atoms with Gasteiger partial charge in [-0.2, -0.15) is 0 Å². The fourth-order valence-electron chi connectivity index (χ4n) is 2.65. The summed E-state index contributed by atoms with van der Waals surface area (Å²) in [7, 11) is 0. The molecule has 24 heavy (non-hydrogen) atoms. The van der Waals surface area contributed by atoms with Gasteiger partial charge in [-0.1, -0.05) is 6.07 Å². The van der Waals surface area contributed by atoms with Crippen LogP contribution in [-0.2, 0) is 0 Å². The van der Waals surface area contributed by atoms with E-state index in [2.05, 4.69) is 0 Å². The lowest BCUT2D eigenvalue weighted by molar-refractivity contribution is 0.0664. The summed E-state index contributed by atoms with van der Waals surface area (Å²) in [5.41, 5.74) is -0.242. The SMILES string of the molecule is O=C(O)c1oc2cc(O)ccc2c(=O)c1-c1ccc2c(c1)OCO2. The van der Waals surface area contributed by atoms with Gasteiger partial charge in [-0.3, -0.25) is 4.79 Å². The van der Waals surface area contributed by atoms with E-state index in [1.165, 1.54) is 24.3 Å². The van der Waals surface area contributed by atoms with Crippen molar-refractivity contribution >= 4 is 16.9 Å². The Morgan fingerprint density at radius 2 is 1.83 bits per heavy atom. The second-order valence-corrected chi connectivity index (χ2v) is 5.19. The molecule has 0 amide bonds. The van der Waals surface area contributed by atoms with Gasteiger partial charge < -0.3 is 24.1 Å². The minimum absolute atomic E-state index is 0.00175. The third-order valence-electron chi connectivity index (χ3n) is 3.73. The average molecular weight is 326 g/mol.